The molecule has 0 saturated heterocycles. The average molecular weight is 312 g/mol. The molecule has 0 fully saturated rings. The molecule has 2 aromatic rings. The summed E-state index contributed by atoms with van der Waals surface area (Å²) in [5, 5.41) is 0. The Hall–Kier alpha value is -1.73. The SMILES string of the molecule is CCCS(=O)(=O)NC(C)c1ncc(-c2ccc(F)cc2)o1. The highest BCUT2D eigenvalue weighted by Crippen LogP contribution is 2.23. The number of nitrogens with one attached hydrogen (secondary N) is 1. The molecular formula is C14H17FN2O3S. The van der Waals surface area contributed by atoms with Crippen LogP contribution in [-0.4, -0.2) is 19.2 Å². The van der Waals surface area contributed by atoms with Gasteiger partial charge in [0.05, 0.1) is 18.0 Å². The van der Waals surface area contributed by atoms with Gasteiger partial charge in [0.1, 0.15) is 5.82 Å². The molecule has 1 N–H and O–H groups in total. The lowest BCUT2D eigenvalue weighted by Crippen LogP contribution is -2.29. The topological polar surface area (TPSA) is 72.2 Å². The summed E-state index contributed by atoms with van der Waals surface area (Å²) in [6, 6.07) is 5.24. The van der Waals surface area contributed by atoms with Gasteiger partial charge in [0.2, 0.25) is 15.9 Å². The first-order valence-electron chi connectivity index (χ1n) is 6.63. The number of sulfonamides is 1. The van der Waals surface area contributed by atoms with Crippen molar-refractivity contribution in [3.63, 3.8) is 0 Å². The first kappa shape index (κ1) is 15.7. The van der Waals surface area contributed by atoms with Crippen LogP contribution in [0.1, 0.15) is 32.2 Å². The van der Waals surface area contributed by atoms with E-state index in [1.165, 1.54) is 18.3 Å². The second-order valence-corrected chi connectivity index (χ2v) is 6.60. The molecule has 1 aromatic heterocycles. The lowest BCUT2D eigenvalue weighted by atomic mass is 10.2. The predicted molar refractivity (Wildman–Crippen MR) is 77.5 cm³/mol. The minimum absolute atomic E-state index is 0.0584. The summed E-state index contributed by atoms with van der Waals surface area (Å²) in [7, 11) is -3.34. The van der Waals surface area contributed by atoms with Crippen LogP contribution in [0, 0.1) is 5.82 Å². The van der Waals surface area contributed by atoms with Crippen molar-refractivity contribution in [3.8, 4) is 11.3 Å². The standard InChI is InChI=1S/C14H17FN2O3S/c1-3-8-21(18,19)17-10(2)14-16-9-13(20-14)11-4-6-12(15)7-5-11/h4-7,9-10,17H,3,8H2,1-2H3. The molecular weight excluding hydrogens is 295 g/mol. The smallest absolute Gasteiger partial charge is 0.212 e. The Kier molecular flexibility index (Phi) is 4.74. The fourth-order valence-electron chi connectivity index (χ4n) is 1.88. The van der Waals surface area contributed by atoms with Crippen LogP contribution >= 0.6 is 0 Å². The van der Waals surface area contributed by atoms with Crippen LogP contribution in [0.2, 0.25) is 0 Å². The van der Waals surface area contributed by atoms with Crippen molar-refractivity contribution in [2.75, 3.05) is 5.75 Å². The molecule has 21 heavy (non-hydrogen) atoms. The number of halogens is 1. The summed E-state index contributed by atoms with van der Waals surface area (Å²) >= 11 is 0. The Morgan fingerprint density at radius 1 is 1.33 bits per heavy atom. The zero-order valence-electron chi connectivity index (χ0n) is 11.8. The maximum absolute atomic E-state index is 12.9. The number of hydrogen-bond acceptors (Lipinski definition) is 4. The van der Waals surface area contributed by atoms with E-state index in [-0.39, 0.29) is 17.5 Å². The molecule has 114 valence electrons. The second-order valence-electron chi connectivity index (χ2n) is 4.73. The minimum atomic E-state index is -3.34. The zero-order chi connectivity index (χ0) is 15.5. The molecule has 0 spiro atoms. The molecule has 1 atom stereocenters. The van der Waals surface area contributed by atoms with Gasteiger partial charge < -0.3 is 4.42 Å². The van der Waals surface area contributed by atoms with E-state index < -0.39 is 16.1 Å². The van der Waals surface area contributed by atoms with Crippen LogP contribution in [-0.2, 0) is 10.0 Å². The van der Waals surface area contributed by atoms with Gasteiger partial charge in [-0.2, -0.15) is 0 Å². The number of rotatable bonds is 6. The molecule has 1 unspecified atom stereocenters. The molecule has 0 aliphatic rings. The van der Waals surface area contributed by atoms with E-state index in [2.05, 4.69) is 9.71 Å². The molecule has 2 rings (SSSR count). The van der Waals surface area contributed by atoms with Gasteiger partial charge in [-0.25, -0.2) is 22.5 Å². The summed E-state index contributed by atoms with van der Waals surface area (Å²) < 4.78 is 44.3. The molecule has 0 aliphatic heterocycles. The fourth-order valence-corrected chi connectivity index (χ4v) is 3.18. The van der Waals surface area contributed by atoms with E-state index in [1.54, 1.807) is 26.0 Å². The number of nitrogens with zero attached hydrogens (tertiary/aromatic N) is 1. The monoisotopic (exact) mass is 312 g/mol. The lowest BCUT2D eigenvalue weighted by Gasteiger charge is -2.10. The number of benzene rings is 1. The van der Waals surface area contributed by atoms with E-state index in [4.69, 9.17) is 4.42 Å². The lowest BCUT2D eigenvalue weighted by molar-refractivity contribution is 0.452. The Morgan fingerprint density at radius 2 is 2.00 bits per heavy atom. The number of oxazole rings is 1. The van der Waals surface area contributed by atoms with Gasteiger partial charge in [-0.1, -0.05) is 6.92 Å². The average Bonchev–Trinajstić information content (AvgIpc) is 2.88. The van der Waals surface area contributed by atoms with Crippen molar-refractivity contribution < 1.29 is 17.2 Å². The number of hydrogen-bond donors (Lipinski definition) is 1. The fraction of sp³-hybridized carbons (Fsp3) is 0.357. The number of aromatic nitrogens is 1. The molecule has 0 aliphatic carbocycles. The molecule has 5 nitrogen and oxygen atoms in total. The van der Waals surface area contributed by atoms with Gasteiger partial charge in [-0.05, 0) is 37.6 Å². The van der Waals surface area contributed by atoms with Gasteiger partial charge in [-0.15, -0.1) is 0 Å². The Labute approximate surface area is 123 Å². The zero-order valence-corrected chi connectivity index (χ0v) is 12.7. The highest BCUT2D eigenvalue weighted by molar-refractivity contribution is 7.89. The van der Waals surface area contributed by atoms with Crippen LogP contribution < -0.4 is 4.72 Å². The van der Waals surface area contributed by atoms with Crippen molar-refractivity contribution in [1.29, 1.82) is 0 Å². The third-order valence-electron chi connectivity index (χ3n) is 2.85. The molecule has 0 radical (unpaired) electrons. The van der Waals surface area contributed by atoms with Gasteiger partial charge in [-0.3, -0.25) is 0 Å². The first-order valence-corrected chi connectivity index (χ1v) is 8.28. The summed E-state index contributed by atoms with van der Waals surface area (Å²) in [5.74, 6) is 0.461. The molecule has 0 amide bonds. The third kappa shape index (κ3) is 4.12. The molecule has 1 aromatic carbocycles. The van der Waals surface area contributed by atoms with E-state index in [1.807, 2.05) is 0 Å². The van der Waals surface area contributed by atoms with Crippen molar-refractivity contribution in [3.05, 3.63) is 42.2 Å². The Bertz CT molecular complexity index is 695. The van der Waals surface area contributed by atoms with Crippen LogP contribution in [0.15, 0.2) is 34.9 Å². The van der Waals surface area contributed by atoms with Crippen molar-refractivity contribution in [2.45, 2.75) is 26.3 Å². The second kappa shape index (κ2) is 6.36. The van der Waals surface area contributed by atoms with Crippen molar-refractivity contribution in [2.24, 2.45) is 0 Å². The van der Waals surface area contributed by atoms with Gasteiger partial charge in [0.25, 0.3) is 0 Å². The highest BCUT2D eigenvalue weighted by atomic mass is 32.2. The maximum Gasteiger partial charge on any atom is 0.212 e. The van der Waals surface area contributed by atoms with E-state index in [0.717, 1.165) is 0 Å². The third-order valence-corrected chi connectivity index (χ3v) is 4.51. The van der Waals surface area contributed by atoms with Crippen LogP contribution in [0.4, 0.5) is 4.39 Å². The summed E-state index contributed by atoms with van der Waals surface area (Å²) in [6.45, 7) is 3.45. The normalized spacial score (nSPS) is 13.3. The summed E-state index contributed by atoms with van der Waals surface area (Å²) in [6.07, 6.45) is 2.03. The van der Waals surface area contributed by atoms with E-state index in [9.17, 15) is 12.8 Å². The van der Waals surface area contributed by atoms with Crippen molar-refractivity contribution in [1.82, 2.24) is 9.71 Å². The maximum atomic E-state index is 12.9. The molecule has 1 heterocycles. The van der Waals surface area contributed by atoms with Gasteiger partial charge in [0, 0.05) is 5.56 Å². The summed E-state index contributed by atoms with van der Waals surface area (Å²) in [5.41, 5.74) is 0.679. The van der Waals surface area contributed by atoms with Crippen LogP contribution in [0.25, 0.3) is 11.3 Å². The highest BCUT2D eigenvalue weighted by Gasteiger charge is 2.19. The van der Waals surface area contributed by atoms with Crippen molar-refractivity contribution >= 4 is 10.0 Å². The molecule has 0 bridgehead atoms. The van der Waals surface area contributed by atoms with Crippen LogP contribution in [0.5, 0.6) is 0 Å². The summed E-state index contributed by atoms with van der Waals surface area (Å²) in [4.78, 5) is 4.07. The van der Waals surface area contributed by atoms with Gasteiger partial charge >= 0.3 is 0 Å². The first-order chi connectivity index (χ1) is 9.91. The Morgan fingerprint density at radius 3 is 2.62 bits per heavy atom. The van der Waals surface area contributed by atoms with Gasteiger partial charge in [0.15, 0.2) is 5.76 Å². The predicted octanol–water partition coefficient (Wildman–Crippen LogP) is 2.87. The quantitative estimate of drug-likeness (QED) is 0.890. The molecule has 7 heteroatoms. The van der Waals surface area contributed by atoms with E-state index in [0.29, 0.717) is 17.7 Å². The van der Waals surface area contributed by atoms with E-state index >= 15 is 0 Å². The molecule has 0 saturated carbocycles. The minimum Gasteiger partial charge on any atom is -0.439 e. The Balaban J connectivity index is 2.14. The van der Waals surface area contributed by atoms with Crippen LogP contribution in [0.3, 0.4) is 0 Å². The largest absolute Gasteiger partial charge is 0.439 e.